The fourth-order valence-corrected chi connectivity index (χ4v) is 2.42. The fourth-order valence-electron chi connectivity index (χ4n) is 2.42. The lowest BCUT2D eigenvalue weighted by atomic mass is 9.98. The molecule has 1 rings (SSSR count). The van der Waals surface area contributed by atoms with Crippen LogP contribution in [0.15, 0.2) is 17.1 Å². The Bertz CT molecular complexity index is 283. The summed E-state index contributed by atoms with van der Waals surface area (Å²) in [4.78, 5) is 4.20. The van der Waals surface area contributed by atoms with Crippen LogP contribution in [0.3, 0.4) is 0 Å². The van der Waals surface area contributed by atoms with Gasteiger partial charge in [0.15, 0.2) is 5.96 Å². The van der Waals surface area contributed by atoms with Gasteiger partial charge in [-0.3, -0.25) is 4.99 Å². The van der Waals surface area contributed by atoms with Crippen molar-refractivity contribution in [2.24, 2.45) is 4.99 Å². The maximum absolute atomic E-state index is 5.90. The summed E-state index contributed by atoms with van der Waals surface area (Å²) < 4.78 is 5.90. The number of nitrogens with zero attached hydrogens (tertiary/aromatic N) is 1. The van der Waals surface area contributed by atoms with Crippen LogP contribution in [0.1, 0.15) is 51.9 Å². The molecule has 0 aromatic carbocycles. The van der Waals surface area contributed by atoms with Crippen LogP contribution in [0.5, 0.6) is 0 Å². The summed E-state index contributed by atoms with van der Waals surface area (Å²) in [7, 11) is 1.81. The van der Waals surface area contributed by atoms with Crippen molar-refractivity contribution >= 4 is 5.96 Å². The zero-order chi connectivity index (χ0) is 14.5. The lowest BCUT2D eigenvalue weighted by Crippen LogP contribution is -2.38. The maximum Gasteiger partial charge on any atom is 0.190 e. The van der Waals surface area contributed by atoms with E-state index in [0.29, 0.717) is 6.10 Å². The molecule has 0 spiro atoms. The largest absolute Gasteiger partial charge is 0.378 e. The Balaban J connectivity index is 1.97. The molecule has 2 N–H and O–H groups in total. The highest BCUT2D eigenvalue weighted by molar-refractivity contribution is 5.79. The van der Waals surface area contributed by atoms with E-state index in [9.17, 15) is 0 Å². The third-order valence-electron chi connectivity index (χ3n) is 3.58. The molecule has 1 fully saturated rings. The van der Waals surface area contributed by atoms with Crippen LogP contribution in [-0.2, 0) is 4.74 Å². The first kappa shape index (κ1) is 17.0. The van der Waals surface area contributed by atoms with E-state index < -0.39 is 0 Å². The van der Waals surface area contributed by atoms with E-state index in [1.807, 2.05) is 14.0 Å². The van der Waals surface area contributed by atoms with Crippen LogP contribution in [0.4, 0.5) is 0 Å². The average Bonchev–Trinajstić information content (AvgIpc) is 2.50. The molecule has 1 saturated carbocycles. The Labute approximate surface area is 124 Å². The quantitative estimate of drug-likeness (QED) is 0.311. The normalized spacial score (nSPS) is 17.6. The summed E-state index contributed by atoms with van der Waals surface area (Å²) in [6, 6.07) is 0. The maximum atomic E-state index is 5.90. The Morgan fingerprint density at radius 3 is 2.65 bits per heavy atom. The van der Waals surface area contributed by atoms with Gasteiger partial charge in [0.1, 0.15) is 0 Å². The average molecular weight is 281 g/mol. The molecule has 1 aliphatic carbocycles. The molecule has 0 heterocycles. The van der Waals surface area contributed by atoms with Crippen molar-refractivity contribution in [3.63, 3.8) is 0 Å². The number of nitrogens with one attached hydrogen (secondary N) is 2. The van der Waals surface area contributed by atoms with Crippen LogP contribution in [-0.4, -0.2) is 38.8 Å². The summed E-state index contributed by atoms with van der Waals surface area (Å²) in [6.45, 7) is 4.73. The molecule has 116 valence electrons. The van der Waals surface area contributed by atoms with Crippen molar-refractivity contribution in [2.45, 2.75) is 58.0 Å². The van der Waals surface area contributed by atoms with Crippen molar-refractivity contribution in [1.29, 1.82) is 0 Å². The number of allylic oxidation sites excluding steroid dienone is 1. The van der Waals surface area contributed by atoms with E-state index in [0.717, 1.165) is 38.5 Å². The van der Waals surface area contributed by atoms with Crippen LogP contribution < -0.4 is 10.6 Å². The van der Waals surface area contributed by atoms with Crippen LogP contribution >= 0.6 is 0 Å². The minimum atomic E-state index is 0.516. The second kappa shape index (κ2) is 11.8. The van der Waals surface area contributed by atoms with Gasteiger partial charge in [-0.1, -0.05) is 31.4 Å². The first-order valence-corrected chi connectivity index (χ1v) is 8.04. The summed E-state index contributed by atoms with van der Waals surface area (Å²) in [5, 5.41) is 6.61. The van der Waals surface area contributed by atoms with Crippen LogP contribution in [0.2, 0.25) is 0 Å². The molecule has 4 heteroatoms. The highest BCUT2D eigenvalue weighted by Gasteiger charge is 2.12. The predicted molar refractivity (Wildman–Crippen MR) is 86.2 cm³/mol. The molecule has 0 saturated heterocycles. The molecular formula is C16H31N3O. The molecule has 20 heavy (non-hydrogen) atoms. The molecule has 0 aliphatic heterocycles. The van der Waals surface area contributed by atoms with Crippen molar-refractivity contribution in [2.75, 3.05) is 26.7 Å². The second-order valence-electron chi connectivity index (χ2n) is 5.27. The van der Waals surface area contributed by atoms with Gasteiger partial charge in [-0.2, -0.15) is 0 Å². The molecule has 4 nitrogen and oxygen atoms in total. The Hall–Kier alpha value is -1.03. The zero-order valence-electron chi connectivity index (χ0n) is 13.2. The number of ether oxygens (including phenoxy) is 1. The molecule has 0 unspecified atom stereocenters. The third kappa shape index (κ3) is 8.20. The van der Waals surface area contributed by atoms with E-state index in [2.05, 4.69) is 27.8 Å². The number of guanidine groups is 1. The first-order chi connectivity index (χ1) is 9.86. The van der Waals surface area contributed by atoms with Crippen molar-refractivity contribution in [1.82, 2.24) is 10.6 Å². The molecular weight excluding hydrogens is 250 g/mol. The SMILES string of the molecule is CC=CCCNC(=NC)NCCCOC1CCCCC1. The Morgan fingerprint density at radius 2 is 1.95 bits per heavy atom. The molecule has 0 bridgehead atoms. The van der Waals surface area contributed by atoms with Gasteiger partial charge in [0, 0.05) is 26.7 Å². The van der Waals surface area contributed by atoms with Gasteiger partial charge >= 0.3 is 0 Å². The van der Waals surface area contributed by atoms with Crippen molar-refractivity contribution in [3.05, 3.63) is 12.2 Å². The summed E-state index contributed by atoms with van der Waals surface area (Å²) >= 11 is 0. The summed E-state index contributed by atoms with van der Waals surface area (Å²) in [5.41, 5.74) is 0. The number of hydrogen-bond donors (Lipinski definition) is 2. The van der Waals surface area contributed by atoms with E-state index >= 15 is 0 Å². The van der Waals surface area contributed by atoms with Crippen LogP contribution in [0.25, 0.3) is 0 Å². The van der Waals surface area contributed by atoms with Gasteiger partial charge < -0.3 is 15.4 Å². The molecule has 0 radical (unpaired) electrons. The lowest BCUT2D eigenvalue weighted by Gasteiger charge is -2.22. The highest BCUT2D eigenvalue weighted by Crippen LogP contribution is 2.20. The Kier molecular flexibility index (Phi) is 10.0. The molecule has 0 atom stereocenters. The number of rotatable bonds is 8. The Morgan fingerprint density at radius 1 is 1.20 bits per heavy atom. The van der Waals surface area contributed by atoms with Gasteiger partial charge in [-0.25, -0.2) is 0 Å². The second-order valence-corrected chi connectivity index (χ2v) is 5.27. The molecule has 0 amide bonds. The lowest BCUT2D eigenvalue weighted by molar-refractivity contribution is 0.0277. The van der Waals surface area contributed by atoms with E-state index in [1.54, 1.807) is 0 Å². The van der Waals surface area contributed by atoms with Gasteiger partial charge in [-0.05, 0) is 32.6 Å². The fraction of sp³-hybridized carbons (Fsp3) is 0.812. The molecule has 0 aromatic heterocycles. The minimum absolute atomic E-state index is 0.516. The van der Waals surface area contributed by atoms with E-state index in [4.69, 9.17) is 4.74 Å². The molecule has 0 aromatic rings. The van der Waals surface area contributed by atoms with E-state index in [-0.39, 0.29) is 0 Å². The van der Waals surface area contributed by atoms with Gasteiger partial charge in [0.05, 0.1) is 6.10 Å². The monoisotopic (exact) mass is 281 g/mol. The summed E-state index contributed by atoms with van der Waals surface area (Å²) in [5.74, 6) is 0.882. The van der Waals surface area contributed by atoms with Crippen molar-refractivity contribution in [3.8, 4) is 0 Å². The van der Waals surface area contributed by atoms with Crippen LogP contribution in [0, 0.1) is 0 Å². The predicted octanol–water partition coefficient (Wildman–Crippen LogP) is 2.86. The van der Waals surface area contributed by atoms with Gasteiger partial charge in [0.25, 0.3) is 0 Å². The minimum Gasteiger partial charge on any atom is -0.378 e. The van der Waals surface area contributed by atoms with Gasteiger partial charge in [-0.15, -0.1) is 0 Å². The van der Waals surface area contributed by atoms with E-state index in [1.165, 1.54) is 32.1 Å². The van der Waals surface area contributed by atoms with Gasteiger partial charge in [0.2, 0.25) is 0 Å². The molecule has 1 aliphatic rings. The topological polar surface area (TPSA) is 45.7 Å². The number of aliphatic imine (C=N–C) groups is 1. The third-order valence-corrected chi connectivity index (χ3v) is 3.58. The smallest absolute Gasteiger partial charge is 0.190 e. The first-order valence-electron chi connectivity index (χ1n) is 8.04. The summed E-state index contributed by atoms with van der Waals surface area (Å²) in [6.07, 6.45) is 13.4. The standard InChI is InChI=1S/C16H31N3O/c1-3-4-8-12-18-16(17-2)19-13-9-14-20-15-10-6-5-7-11-15/h3-4,15H,5-14H2,1-2H3,(H2,17,18,19). The number of hydrogen-bond acceptors (Lipinski definition) is 2. The van der Waals surface area contributed by atoms with Crippen molar-refractivity contribution < 1.29 is 4.74 Å². The highest BCUT2D eigenvalue weighted by atomic mass is 16.5. The zero-order valence-corrected chi connectivity index (χ0v) is 13.2.